The van der Waals surface area contributed by atoms with Gasteiger partial charge in [-0.25, -0.2) is 0 Å². The van der Waals surface area contributed by atoms with Crippen LogP contribution < -0.4 is 11.1 Å². The molecule has 2 aromatic rings. The van der Waals surface area contributed by atoms with Crippen LogP contribution in [0.1, 0.15) is 59.7 Å². The third-order valence-electron chi connectivity index (χ3n) is 4.74. The van der Waals surface area contributed by atoms with Crippen LogP contribution in [0.15, 0.2) is 42.5 Å². The van der Waals surface area contributed by atoms with Crippen LogP contribution in [0, 0.1) is 6.92 Å². The Hall–Kier alpha value is -2.13. The van der Waals surface area contributed by atoms with Crippen molar-refractivity contribution in [2.24, 2.45) is 5.73 Å². The van der Waals surface area contributed by atoms with Gasteiger partial charge in [-0.2, -0.15) is 0 Å². The SMILES string of the molecule is CC(=O)NC1CCCc2ccc(C(N)c3ccccc3C)cc21. The summed E-state index contributed by atoms with van der Waals surface area (Å²) in [4.78, 5) is 11.5. The minimum Gasteiger partial charge on any atom is -0.350 e. The summed E-state index contributed by atoms with van der Waals surface area (Å²) in [5.41, 5.74) is 12.5. The van der Waals surface area contributed by atoms with Crippen molar-refractivity contribution in [3.8, 4) is 0 Å². The number of benzene rings is 2. The van der Waals surface area contributed by atoms with E-state index in [4.69, 9.17) is 5.73 Å². The highest BCUT2D eigenvalue weighted by Gasteiger charge is 2.22. The Bertz CT molecular complexity index is 723. The molecule has 0 saturated carbocycles. The molecule has 2 unspecified atom stereocenters. The first kappa shape index (κ1) is 15.8. The number of amides is 1. The lowest BCUT2D eigenvalue weighted by Gasteiger charge is -2.27. The van der Waals surface area contributed by atoms with Crippen molar-refractivity contribution in [1.29, 1.82) is 0 Å². The topological polar surface area (TPSA) is 55.1 Å². The summed E-state index contributed by atoms with van der Waals surface area (Å²) in [7, 11) is 0. The van der Waals surface area contributed by atoms with Gasteiger partial charge in [0, 0.05) is 6.92 Å². The van der Waals surface area contributed by atoms with Crippen LogP contribution in [0.5, 0.6) is 0 Å². The van der Waals surface area contributed by atoms with E-state index in [-0.39, 0.29) is 18.0 Å². The maximum absolute atomic E-state index is 11.5. The first-order valence-electron chi connectivity index (χ1n) is 8.27. The van der Waals surface area contributed by atoms with Gasteiger partial charge in [0.25, 0.3) is 0 Å². The molecule has 3 nitrogen and oxygen atoms in total. The fraction of sp³-hybridized carbons (Fsp3) is 0.350. The van der Waals surface area contributed by atoms with E-state index in [9.17, 15) is 4.79 Å². The largest absolute Gasteiger partial charge is 0.350 e. The summed E-state index contributed by atoms with van der Waals surface area (Å²) < 4.78 is 0. The van der Waals surface area contributed by atoms with Crippen molar-refractivity contribution in [3.63, 3.8) is 0 Å². The molecule has 2 aromatic carbocycles. The van der Waals surface area contributed by atoms with E-state index in [2.05, 4.69) is 42.6 Å². The Morgan fingerprint density at radius 3 is 2.78 bits per heavy atom. The van der Waals surface area contributed by atoms with Crippen LogP contribution in [-0.4, -0.2) is 5.91 Å². The maximum Gasteiger partial charge on any atom is 0.217 e. The van der Waals surface area contributed by atoms with E-state index in [1.165, 1.54) is 16.7 Å². The Labute approximate surface area is 137 Å². The summed E-state index contributed by atoms with van der Waals surface area (Å²) in [6.45, 7) is 3.67. The first-order valence-corrected chi connectivity index (χ1v) is 8.27. The van der Waals surface area contributed by atoms with Crippen LogP contribution in [0.2, 0.25) is 0 Å². The van der Waals surface area contributed by atoms with Gasteiger partial charge in [0.05, 0.1) is 12.1 Å². The molecule has 0 saturated heterocycles. The van der Waals surface area contributed by atoms with Gasteiger partial charge < -0.3 is 11.1 Å². The molecule has 0 fully saturated rings. The lowest BCUT2D eigenvalue weighted by Crippen LogP contribution is -2.29. The zero-order valence-electron chi connectivity index (χ0n) is 13.8. The Balaban J connectivity index is 1.96. The van der Waals surface area contributed by atoms with E-state index < -0.39 is 0 Å². The van der Waals surface area contributed by atoms with E-state index >= 15 is 0 Å². The van der Waals surface area contributed by atoms with E-state index in [1.54, 1.807) is 6.92 Å². The minimum atomic E-state index is -0.138. The molecule has 0 heterocycles. The van der Waals surface area contributed by atoms with Crippen LogP contribution in [-0.2, 0) is 11.2 Å². The normalized spacial score (nSPS) is 18.1. The molecule has 2 atom stereocenters. The molecule has 0 aromatic heterocycles. The zero-order valence-corrected chi connectivity index (χ0v) is 13.8. The predicted octanol–water partition coefficient (Wildman–Crippen LogP) is 3.56. The quantitative estimate of drug-likeness (QED) is 0.911. The van der Waals surface area contributed by atoms with Crippen LogP contribution >= 0.6 is 0 Å². The average molecular weight is 308 g/mol. The van der Waals surface area contributed by atoms with Crippen LogP contribution in [0.3, 0.4) is 0 Å². The van der Waals surface area contributed by atoms with Crippen molar-refractivity contribution in [1.82, 2.24) is 5.32 Å². The van der Waals surface area contributed by atoms with Crippen LogP contribution in [0.25, 0.3) is 0 Å². The molecule has 120 valence electrons. The highest BCUT2D eigenvalue weighted by atomic mass is 16.1. The second-order valence-corrected chi connectivity index (χ2v) is 6.44. The molecule has 1 amide bonds. The molecule has 0 radical (unpaired) electrons. The van der Waals surface area contributed by atoms with Crippen molar-refractivity contribution < 1.29 is 4.79 Å². The molecule has 1 aliphatic carbocycles. The van der Waals surface area contributed by atoms with Gasteiger partial charge in [-0.1, -0.05) is 42.5 Å². The summed E-state index contributed by atoms with van der Waals surface area (Å²) in [5, 5.41) is 3.08. The number of aryl methyl sites for hydroxylation is 2. The van der Waals surface area contributed by atoms with Gasteiger partial charge in [0.15, 0.2) is 0 Å². The number of nitrogens with two attached hydrogens (primary N) is 1. The highest BCUT2D eigenvalue weighted by Crippen LogP contribution is 2.33. The lowest BCUT2D eigenvalue weighted by atomic mass is 9.84. The van der Waals surface area contributed by atoms with E-state index in [1.807, 2.05) is 12.1 Å². The molecule has 3 heteroatoms. The van der Waals surface area contributed by atoms with Gasteiger partial charge in [0.1, 0.15) is 0 Å². The Morgan fingerprint density at radius 2 is 2.04 bits per heavy atom. The van der Waals surface area contributed by atoms with Gasteiger partial charge in [-0.3, -0.25) is 4.79 Å². The highest BCUT2D eigenvalue weighted by molar-refractivity contribution is 5.73. The van der Waals surface area contributed by atoms with E-state index in [0.717, 1.165) is 30.4 Å². The minimum absolute atomic E-state index is 0.0245. The Morgan fingerprint density at radius 1 is 1.26 bits per heavy atom. The fourth-order valence-electron chi connectivity index (χ4n) is 3.52. The molecule has 3 N–H and O–H groups in total. The lowest BCUT2D eigenvalue weighted by molar-refractivity contribution is -0.119. The summed E-state index contributed by atoms with van der Waals surface area (Å²) in [6, 6.07) is 14.7. The number of carbonyl (C=O) groups excluding carboxylic acids is 1. The molecular weight excluding hydrogens is 284 g/mol. The number of hydrogen-bond donors (Lipinski definition) is 2. The van der Waals surface area contributed by atoms with Gasteiger partial charge in [-0.05, 0) is 54.0 Å². The zero-order chi connectivity index (χ0) is 16.4. The number of fused-ring (bicyclic) bond motifs is 1. The third kappa shape index (κ3) is 3.30. The van der Waals surface area contributed by atoms with E-state index in [0.29, 0.717) is 0 Å². The first-order chi connectivity index (χ1) is 11.1. The second-order valence-electron chi connectivity index (χ2n) is 6.44. The van der Waals surface area contributed by atoms with Crippen molar-refractivity contribution >= 4 is 5.91 Å². The number of rotatable bonds is 3. The fourth-order valence-corrected chi connectivity index (χ4v) is 3.52. The third-order valence-corrected chi connectivity index (χ3v) is 4.74. The molecule has 0 bridgehead atoms. The second kappa shape index (κ2) is 6.55. The van der Waals surface area contributed by atoms with Crippen LogP contribution in [0.4, 0.5) is 0 Å². The monoisotopic (exact) mass is 308 g/mol. The summed E-state index contributed by atoms with van der Waals surface area (Å²) in [5.74, 6) is 0.0245. The molecule has 0 aliphatic heterocycles. The average Bonchev–Trinajstić information content (AvgIpc) is 2.54. The molecule has 3 rings (SSSR count). The summed E-state index contributed by atoms with van der Waals surface area (Å²) >= 11 is 0. The Kier molecular flexibility index (Phi) is 4.49. The van der Waals surface area contributed by atoms with Crippen molar-refractivity contribution in [2.75, 3.05) is 0 Å². The molecular formula is C20H24N2O. The maximum atomic E-state index is 11.5. The number of hydrogen-bond acceptors (Lipinski definition) is 2. The molecule has 23 heavy (non-hydrogen) atoms. The number of carbonyl (C=O) groups is 1. The van der Waals surface area contributed by atoms with Gasteiger partial charge in [0.2, 0.25) is 5.91 Å². The van der Waals surface area contributed by atoms with Crippen molar-refractivity contribution in [3.05, 3.63) is 70.3 Å². The van der Waals surface area contributed by atoms with Crippen molar-refractivity contribution in [2.45, 2.75) is 45.2 Å². The summed E-state index contributed by atoms with van der Waals surface area (Å²) in [6.07, 6.45) is 3.18. The smallest absolute Gasteiger partial charge is 0.217 e. The molecule has 0 spiro atoms. The van der Waals surface area contributed by atoms with Gasteiger partial charge in [-0.15, -0.1) is 0 Å². The predicted molar refractivity (Wildman–Crippen MR) is 93.1 cm³/mol. The number of nitrogens with one attached hydrogen (secondary N) is 1. The molecule has 1 aliphatic rings. The standard InChI is InChI=1S/C20H24N2O/c1-13-6-3-4-8-17(13)20(21)16-11-10-15-7-5-9-19(18(15)12-16)22-14(2)23/h3-4,6,8,10-12,19-20H,5,7,9,21H2,1-2H3,(H,22,23). The van der Waals surface area contributed by atoms with Gasteiger partial charge >= 0.3 is 0 Å².